The molecule has 2 rings (SSSR count). The molecular formula is C11H8ClN3O3. The molecule has 0 saturated carbocycles. The van der Waals surface area contributed by atoms with Gasteiger partial charge in [-0.3, -0.25) is 15.1 Å². The van der Waals surface area contributed by atoms with Gasteiger partial charge in [0.05, 0.1) is 23.0 Å². The van der Waals surface area contributed by atoms with Gasteiger partial charge in [-0.2, -0.15) is 0 Å². The molecule has 0 unspecified atom stereocenters. The highest BCUT2D eigenvalue weighted by Crippen LogP contribution is 2.33. The fraction of sp³-hybridized carbons (Fsp3) is 0. The first-order valence-corrected chi connectivity index (χ1v) is 5.26. The molecule has 92 valence electrons. The van der Waals surface area contributed by atoms with Crippen molar-refractivity contribution in [2.45, 2.75) is 0 Å². The zero-order chi connectivity index (χ0) is 13.1. The molecule has 7 heteroatoms. The predicted molar refractivity (Wildman–Crippen MR) is 66.8 cm³/mol. The molecule has 2 N–H and O–H groups in total. The van der Waals surface area contributed by atoms with Crippen molar-refractivity contribution in [1.29, 1.82) is 0 Å². The quantitative estimate of drug-likeness (QED) is 0.680. The van der Waals surface area contributed by atoms with E-state index in [0.29, 0.717) is 11.4 Å². The highest BCUT2D eigenvalue weighted by Gasteiger charge is 2.16. The van der Waals surface area contributed by atoms with Gasteiger partial charge >= 0.3 is 5.69 Å². The van der Waals surface area contributed by atoms with Gasteiger partial charge in [0.2, 0.25) is 5.75 Å². The van der Waals surface area contributed by atoms with E-state index in [1.54, 1.807) is 0 Å². The number of benzene rings is 1. The standard InChI is InChI=1S/C11H8ClN3O3/c12-7-1-2-11(10(3-7)15(16)17)18-9-4-8(13)5-14-6-9/h1-6H,13H2. The number of hydrogen-bond donors (Lipinski definition) is 1. The number of nitrogen functional groups attached to an aromatic ring is 1. The Morgan fingerprint density at radius 2 is 2.11 bits per heavy atom. The summed E-state index contributed by atoms with van der Waals surface area (Å²) in [5.41, 5.74) is 5.73. The Morgan fingerprint density at radius 3 is 2.78 bits per heavy atom. The summed E-state index contributed by atoms with van der Waals surface area (Å²) >= 11 is 5.70. The van der Waals surface area contributed by atoms with Crippen LogP contribution in [-0.4, -0.2) is 9.91 Å². The summed E-state index contributed by atoms with van der Waals surface area (Å²) in [6.45, 7) is 0. The second kappa shape index (κ2) is 4.89. The first-order valence-electron chi connectivity index (χ1n) is 4.88. The molecule has 0 saturated heterocycles. The van der Waals surface area contributed by atoms with Crippen molar-refractivity contribution < 1.29 is 9.66 Å². The van der Waals surface area contributed by atoms with Crippen molar-refractivity contribution in [2.75, 3.05) is 5.73 Å². The molecule has 0 amide bonds. The van der Waals surface area contributed by atoms with Crippen molar-refractivity contribution in [3.8, 4) is 11.5 Å². The molecule has 1 aromatic heterocycles. The van der Waals surface area contributed by atoms with Crippen LogP contribution in [0.1, 0.15) is 0 Å². The normalized spacial score (nSPS) is 10.1. The Hall–Kier alpha value is -2.34. The van der Waals surface area contributed by atoms with Crippen LogP contribution in [0.2, 0.25) is 5.02 Å². The van der Waals surface area contributed by atoms with Crippen molar-refractivity contribution in [3.63, 3.8) is 0 Å². The van der Waals surface area contributed by atoms with Crippen molar-refractivity contribution in [2.24, 2.45) is 0 Å². The lowest BCUT2D eigenvalue weighted by atomic mass is 10.3. The van der Waals surface area contributed by atoms with Crippen molar-refractivity contribution >= 4 is 23.0 Å². The first kappa shape index (κ1) is 12.1. The Bertz CT molecular complexity index is 604. The third kappa shape index (κ3) is 2.67. The number of halogens is 1. The van der Waals surface area contributed by atoms with Crippen molar-refractivity contribution in [1.82, 2.24) is 4.98 Å². The van der Waals surface area contributed by atoms with Gasteiger partial charge in [-0.1, -0.05) is 11.6 Å². The minimum absolute atomic E-state index is 0.0804. The molecule has 6 nitrogen and oxygen atoms in total. The number of rotatable bonds is 3. The molecule has 0 atom stereocenters. The maximum atomic E-state index is 10.9. The Morgan fingerprint density at radius 1 is 1.33 bits per heavy atom. The van der Waals surface area contributed by atoms with E-state index in [1.807, 2.05) is 0 Å². The van der Waals surface area contributed by atoms with Gasteiger partial charge in [0.1, 0.15) is 5.75 Å². The molecule has 0 aliphatic rings. The molecule has 0 aliphatic carbocycles. The van der Waals surface area contributed by atoms with Crippen LogP contribution in [0, 0.1) is 10.1 Å². The van der Waals surface area contributed by atoms with E-state index in [2.05, 4.69) is 4.98 Å². The molecule has 0 spiro atoms. The Kier molecular flexibility index (Phi) is 3.29. The van der Waals surface area contributed by atoms with Gasteiger partial charge < -0.3 is 10.5 Å². The summed E-state index contributed by atoms with van der Waals surface area (Å²) in [4.78, 5) is 14.1. The number of aromatic nitrogens is 1. The smallest absolute Gasteiger partial charge is 0.313 e. The number of anilines is 1. The number of ether oxygens (including phenoxy) is 1. The number of nitrogens with two attached hydrogens (primary N) is 1. The van der Waals surface area contributed by atoms with Gasteiger partial charge in [-0.15, -0.1) is 0 Å². The summed E-state index contributed by atoms with van der Waals surface area (Å²) in [5.74, 6) is 0.400. The molecule has 0 radical (unpaired) electrons. The molecular weight excluding hydrogens is 258 g/mol. The summed E-state index contributed by atoms with van der Waals surface area (Å²) in [6.07, 6.45) is 2.86. The summed E-state index contributed by atoms with van der Waals surface area (Å²) in [6, 6.07) is 5.66. The second-order valence-electron chi connectivity index (χ2n) is 3.43. The fourth-order valence-corrected chi connectivity index (χ4v) is 1.50. The molecule has 0 bridgehead atoms. The number of nitro benzene ring substituents is 1. The van der Waals surface area contributed by atoms with Gasteiger partial charge in [0.15, 0.2) is 0 Å². The topological polar surface area (TPSA) is 91.3 Å². The van der Waals surface area contributed by atoms with Crippen molar-refractivity contribution in [3.05, 3.63) is 51.8 Å². The lowest BCUT2D eigenvalue weighted by Gasteiger charge is -2.06. The minimum atomic E-state index is -0.569. The van der Waals surface area contributed by atoms with Crippen LogP contribution < -0.4 is 10.5 Å². The van der Waals surface area contributed by atoms with E-state index in [0.717, 1.165) is 0 Å². The van der Waals surface area contributed by atoms with Crippen LogP contribution in [0.4, 0.5) is 11.4 Å². The largest absolute Gasteiger partial charge is 0.448 e. The van der Waals surface area contributed by atoms with Gasteiger partial charge in [0, 0.05) is 17.2 Å². The van der Waals surface area contributed by atoms with E-state index in [4.69, 9.17) is 22.1 Å². The Balaban J connectivity index is 2.37. The van der Waals surface area contributed by atoms with E-state index >= 15 is 0 Å². The average Bonchev–Trinajstić information content (AvgIpc) is 2.31. The van der Waals surface area contributed by atoms with Crippen LogP contribution in [0.5, 0.6) is 11.5 Å². The molecule has 0 aliphatic heterocycles. The zero-order valence-electron chi connectivity index (χ0n) is 9.04. The molecule has 1 heterocycles. The number of nitro groups is 1. The van der Waals surface area contributed by atoms with E-state index in [9.17, 15) is 10.1 Å². The summed E-state index contributed by atoms with van der Waals surface area (Å²) in [5, 5.41) is 11.1. The highest BCUT2D eigenvalue weighted by molar-refractivity contribution is 6.30. The van der Waals surface area contributed by atoms with Gasteiger partial charge in [-0.05, 0) is 12.1 Å². The number of pyridine rings is 1. The number of nitrogens with zero attached hydrogens (tertiary/aromatic N) is 2. The van der Waals surface area contributed by atoms with Gasteiger partial charge in [-0.25, -0.2) is 0 Å². The predicted octanol–water partition coefficient (Wildman–Crippen LogP) is 3.02. The summed E-state index contributed by atoms with van der Waals surface area (Å²) in [7, 11) is 0. The van der Waals surface area contributed by atoms with Crippen LogP contribution in [-0.2, 0) is 0 Å². The van der Waals surface area contributed by atoms with E-state index < -0.39 is 4.92 Å². The second-order valence-corrected chi connectivity index (χ2v) is 3.86. The maximum Gasteiger partial charge on any atom is 0.313 e. The van der Waals surface area contributed by atoms with Gasteiger partial charge in [0.25, 0.3) is 0 Å². The Labute approximate surface area is 107 Å². The third-order valence-corrected chi connectivity index (χ3v) is 2.31. The maximum absolute atomic E-state index is 10.9. The SMILES string of the molecule is Nc1cncc(Oc2ccc(Cl)cc2[N+](=O)[O-])c1. The van der Waals surface area contributed by atoms with E-state index in [1.165, 1.54) is 36.7 Å². The van der Waals surface area contributed by atoms with E-state index in [-0.39, 0.29) is 16.5 Å². The zero-order valence-corrected chi connectivity index (χ0v) is 9.79. The average molecular weight is 266 g/mol. The van der Waals surface area contributed by atoms with Crippen LogP contribution in [0.3, 0.4) is 0 Å². The van der Waals surface area contributed by atoms with Crippen LogP contribution in [0.15, 0.2) is 36.7 Å². The molecule has 18 heavy (non-hydrogen) atoms. The lowest BCUT2D eigenvalue weighted by Crippen LogP contribution is -1.94. The summed E-state index contributed by atoms with van der Waals surface area (Å²) < 4.78 is 5.36. The lowest BCUT2D eigenvalue weighted by molar-refractivity contribution is -0.385. The third-order valence-electron chi connectivity index (χ3n) is 2.08. The number of hydrogen-bond acceptors (Lipinski definition) is 5. The van der Waals surface area contributed by atoms with Crippen LogP contribution >= 0.6 is 11.6 Å². The highest BCUT2D eigenvalue weighted by atomic mass is 35.5. The molecule has 2 aromatic rings. The monoisotopic (exact) mass is 265 g/mol. The first-order chi connectivity index (χ1) is 8.56. The minimum Gasteiger partial charge on any atom is -0.448 e. The molecule has 1 aromatic carbocycles. The fourth-order valence-electron chi connectivity index (χ4n) is 1.34. The molecule has 0 fully saturated rings. The van der Waals surface area contributed by atoms with Crippen LogP contribution in [0.25, 0.3) is 0 Å².